The first kappa shape index (κ1) is 20.8. The molecule has 1 amide bonds. The van der Waals surface area contributed by atoms with Crippen molar-refractivity contribution in [2.75, 3.05) is 27.3 Å². The SMILES string of the molecule is CCC(=O)OCCOC(=O)c1cc(C=O)c(C(=O)N(C)C)cc1C(=O)O. The topological polar surface area (TPSA) is 127 Å². The zero-order valence-corrected chi connectivity index (χ0v) is 14.6. The Morgan fingerprint density at radius 3 is 2.15 bits per heavy atom. The number of carboxylic acid groups (broad SMARTS) is 1. The first-order valence-corrected chi connectivity index (χ1v) is 7.63. The normalized spacial score (nSPS) is 9.96. The van der Waals surface area contributed by atoms with E-state index in [1.54, 1.807) is 6.92 Å². The number of hydrogen-bond donors (Lipinski definition) is 1. The van der Waals surface area contributed by atoms with Crippen LogP contribution in [0.15, 0.2) is 12.1 Å². The van der Waals surface area contributed by atoms with Gasteiger partial charge in [-0.05, 0) is 12.1 Å². The highest BCUT2D eigenvalue weighted by molar-refractivity contribution is 6.08. The molecular formula is C17H19NO8. The van der Waals surface area contributed by atoms with Gasteiger partial charge in [0.2, 0.25) is 0 Å². The van der Waals surface area contributed by atoms with Crippen LogP contribution in [-0.2, 0) is 14.3 Å². The molecule has 9 heteroatoms. The van der Waals surface area contributed by atoms with Crippen molar-refractivity contribution < 1.29 is 38.6 Å². The monoisotopic (exact) mass is 365 g/mol. The van der Waals surface area contributed by atoms with Crippen molar-refractivity contribution >= 4 is 30.1 Å². The molecule has 0 aromatic heterocycles. The Balaban J connectivity index is 3.11. The third kappa shape index (κ3) is 5.13. The number of ether oxygens (including phenoxy) is 2. The van der Waals surface area contributed by atoms with Crippen molar-refractivity contribution in [2.24, 2.45) is 0 Å². The number of carbonyl (C=O) groups is 5. The highest BCUT2D eigenvalue weighted by atomic mass is 16.6. The molecule has 0 radical (unpaired) electrons. The van der Waals surface area contributed by atoms with Crippen LogP contribution in [0, 0.1) is 0 Å². The van der Waals surface area contributed by atoms with E-state index in [9.17, 15) is 29.1 Å². The van der Waals surface area contributed by atoms with Gasteiger partial charge in [0.15, 0.2) is 6.29 Å². The smallest absolute Gasteiger partial charge is 0.339 e. The van der Waals surface area contributed by atoms with Crippen LogP contribution in [0.3, 0.4) is 0 Å². The van der Waals surface area contributed by atoms with Crippen LogP contribution < -0.4 is 0 Å². The van der Waals surface area contributed by atoms with Gasteiger partial charge >= 0.3 is 17.9 Å². The summed E-state index contributed by atoms with van der Waals surface area (Å²) in [4.78, 5) is 59.1. The fourth-order valence-corrected chi connectivity index (χ4v) is 1.96. The summed E-state index contributed by atoms with van der Waals surface area (Å²) in [7, 11) is 2.88. The summed E-state index contributed by atoms with van der Waals surface area (Å²) in [6, 6.07) is 1.95. The molecule has 1 aromatic rings. The van der Waals surface area contributed by atoms with Gasteiger partial charge in [0.25, 0.3) is 5.91 Å². The molecule has 0 bridgehead atoms. The second-order valence-corrected chi connectivity index (χ2v) is 5.32. The van der Waals surface area contributed by atoms with E-state index < -0.39 is 29.4 Å². The van der Waals surface area contributed by atoms with Crippen LogP contribution in [0.25, 0.3) is 0 Å². The van der Waals surface area contributed by atoms with Gasteiger partial charge in [0, 0.05) is 26.1 Å². The highest BCUT2D eigenvalue weighted by Gasteiger charge is 2.24. The lowest BCUT2D eigenvalue weighted by atomic mass is 9.98. The first-order chi connectivity index (χ1) is 12.2. The summed E-state index contributed by atoms with van der Waals surface area (Å²) < 4.78 is 9.61. The predicted molar refractivity (Wildman–Crippen MR) is 88.3 cm³/mol. The largest absolute Gasteiger partial charge is 0.478 e. The number of carbonyl (C=O) groups excluding carboxylic acids is 4. The zero-order valence-electron chi connectivity index (χ0n) is 14.6. The number of rotatable bonds is 8. The molecule has 0 heterocycles. The Morgan fingerprint density at radius 1 is 1.04 bits per heavy atom. The third-order valence-electron chi connectivity index (χ3n) is 3.27. The van der Waals surface area contributed by atoms with E-state index in [0.29, 0.717) is 6.29 Å². The molecule has 1 rings (SSSR count). The minimum Gasteiger partial charge on any atom is -0.478 e. The maximum absolute atomic E-state index is 12.1. The molecule has 1 N–H and O–H groups in total. The average Bonchev–Trinajstić information content (AvgIpc) is 2.62. The van der Waals surface area contributed by atoms with E-state index >= 15 is 0 Å². The number of nitrogens with zero attached hydrogens (tertiary/aromatic N) is 1. The number of aromatic carboxylic acids is 1. The molecule has 0 spiro atoms. The number of hydrogen-bond acceptors (Lipinski definition) is 7. The van der Waals surface area contributed by atoms with Gasteiger partial charge in [0.05, 0.1) is 16.7 Å². The summed E-state index contributed by atoms with van der Waals surface area (Å²) in [6.45, 7) is 1.14. The predicted octanol–water partition coefficient (Wildman–Crippen LogP) is 1.01. The Hall–Kier alpha value is -3.23. The lowest BCUT2D eigenvalue weighted by Gasteiger charge is -2.14. The second kappa shape index (κ2) is 9.30. The van der Waals surface area contributed by atoms with Gasteiger partial charge in [-0.1, -0.05) is 6.92 Å². The van der Waals surface area contributed by atoms with E-state index in [4.69, 9.17) is 9.47 Å². The molecule has 1 aromatic carbocycles. The molecule has 0 aliphatic rings. The molecule has 26 heavy (non-hydrogen) atoms. The van der Waals surface area contributed by atoms with Crippen LogP contribution >= 0.6 is 0 Å². The Bertz CT molecular complexity index is 739. The summed E-state index contributed by atoms with van der Waals surface area (Å²) >= 11 is 0. The Kier molecular flexibility index (Phi) is 7.45. The van der Waals surface area contributed by atoms with Crippen LogP contribution in [0.1, 0.15) is 54.8 Å². The van der Waals surface area contributed by atoms with Gasteiger partial charge in [-0.25, -0.2) is 9.59 Å². The van der Waals surface area contributed by atoms with E-state index in [1.165, 1.54) is 19.0 Å². The van der Waals surface area contributed by atoms with Crippen molar-refractivity contribution in [1.82, 2.24) is 4.90 Å². The Morgan fingerprint density at radius 2 is 1.65 bits per heavy atom. The Labute approximate surface area is 149 Å². The van der Waals surface area contributed by atoms with Crippen LogP contribution in [-0.4, -0.2) is 67.4 Å². The fourth-order valence-electron chi connectivity index (χ4n) is 1.96. The lowest BCUT2D eigenvalue weighted by Crippen LogP contribution is -2.24. The van der Waals surface area contributed by atoms with Crippen LogP contribution in [0.4, 0.5) is 0 Å². The van der Waals surface area contributed by atoms with E-state index in [1.807, 2.05) is 0 Å². The minimum atomic E-state index is -1.46. The summed E-state index contributed by atoms with van der Waals surface area (Å²) in [5.74, 6) is -3.52. The first-order valence-electron chi connectivity index (χ1n) is 7.63. The number of carboxylic acids is 1. The van der Waals surface area contributed by atoms with Crippen molar-refractivity contribution in [3.8, 4) is 0 Å². The van der Waals surface area contributed by atoms with Gasteiger partial charge in [-0.2, -0.15) is 0 Å². The van der Waals surface area contributed by atoms with Gasteiger partial charge < -0.3 is 19.5 Å². The molecular weight excluding hydrogens is 346 g/mol. The maximum Gasteiger partial charge on any atom is 0.339 e. The molecule has 0 fully saturated rings. The molecule has 140 valence electrons. The molecule has 0 unspecified atom stereocenters. The van der Waals surface area contributed by atoms with Crippen LogP contribution in [0.2, 0.25) is 0 Å². The summed E-state index contributed by atoms with van der Waals surface area (Å²) in [6.07, 6.45) is 0.517. The van der Waals surface area contributed by atoms with Crippen molar-refractivity contribution in [2.45, 2.75) is 13.3 Å². The number of esters is 2. The molecule has 0 aliphatic heterocycles. The maximum atomic E-state index is 12.1. The molecule has 0 atom stereocenters. The molecule has 0 aliphatic carbocycles. The van der Waals surface area contributed by atoms with Crippen molar-refractivity contribution in [1.29, 1.82) is 0 Å². The molecule has 0 saturated carbocycles. The number of benzene rings is 1. The molecule has 9 nitrogen and oxygen atoms in total. The van der Waals surface area contributed by atoms with Crippen molar-refractivity contribution in [3.63, 3.8) is 0 Å². The lowest BCUT2D eigenvalue weighted by molar-refractivity contribution is -0.144. The number of amides is 1. The van der Waals surface area contributed by atoms with Gasteiger partial charge in [0.1, 0.15) is 13.2 Å². The van der Waals surface area contributed by atoms with Crippen molar-refractivity contribution in [3.05, 3.63) is 34.4 Å². The van der Waals surface area contributed by atoms with E-state index in [0.717, 1.165) is 12.1 Å². The standard InChI is InChI=1S/C17H19NO8/c1-4-14(20)25-5-6-26-17(24)13-7-10(9-19)11(15(21)18(2)3)8-12(13)16(22)23/h7-9H,4-6H2,1-3H3,(H,22,23). The third-order valence-corrected chi connectivity index (χ3v) is 3.27. The minimum absolute atomic E-state index is 0.141. The fraction of sp³-hybridized carbons (Fsp3) is 0.353. The van der Waals surface area contributed by atoms with E-state index in [-0.39, 0.29) is 36.3 Å². The van der Waals surface area contributed by atoms with E-state index in [2.05, 4.69) is 0 Å². The summed E-state index contributed by atoms with van der Waals surface area (Å²) in [5.41, 5.74) is -1.14. The van der Waals surface area contributed by atoms with Gasteiger partial charge in [-0.3, -0.25) is 14.4 Å². The second-order valence-electron chi connectivity index (χ2n) is 5.32. The average molecular weight is 365 g/mol. The van der Waals surface area contributed by atoms with Crippen LogP contribution in [0.5, 0.6) is 0 Å². The molecule has 0 saturated heterocycles. The highest BCUT2D eigenvalue weighted by Crippen LogP contribution is 2.19. The number of aldehydes is 1. The quantitative estimate of drug-likeness (QED) is 0.411. The zero-order chi connectivity index (χ0) is 19.9. The summed E-state index contributed by atoms with van der Waals surface area (Å²) in [5, 5.41) is 9.31. The van der Waals surface area contributed by atoms with Gasteiger partial charge in [-0.15, -0.1) is 0 Å².